The van der Waals surface area contributed by atoms with Crippen LogP contribution in [0.1, 0.15) is 15.9 Å². The SMILES string of the molecule is COc1ccc(C(=O)c2c(N)oc3ccccc23)cc1. The van der Waals surface area contributed by atoms with Crippen LogP contribution in [0.2, 0.25) is 0 Å². The number of fused-ring (bicyclic) bond motifs is 1. The second kappa shape index (κ2) is 4.74. The van der Waals surface area contributed by atoms with Crippen LogP contribution in [0.5, 0.6) is 5.75 Å². The van der Waals surface area contributed by atoms with Gasteiger partial charge in [0.05, 0.1) is 12.7 Å². The van der Waals surface area contributed by atoms with Gasteiger partial charge in [0.1, 0.15) is 11.3 Å². The number of hydrogen-bond donors (Lipinski definition) is 1. The van der Waals surface area contributed by atoms with Crippen molar-refractivity contribution in [2.75, 3.05) is 12.8 Å². The summed E-state index contributed by atoms with van der Waals surface area (Å²) in [6.45, 7) is 0. The predicted molar refractivity (Wildman–Crippen MR) is 77.1 cm³/mol. The molecular formula is C16H13NO3. The van der Waals surface area contributed by atoms with E-state index >= 15 is 0 Å². The predicted octanol–water partition coefficient (Wildman–Crippen LogP) is 3.25. The summed E-state index contributed by atoms with van der Waals surface area (Å²) in [5.74, 6) is 0.689. The Morgan fingerprint density at radius 1 is 1.10 bits per heavy atom. The van der Waals surface area contributed by atoms with E-state index in [0.717, 1.165) is 5.39 Å². The van der Waals surface area contributed by atoms with Gasteiger partial charge in [-0.25, -0.2) is 0 Å². The lowest BCUT2D eigenvalue weighted by atomic mass is 10.0. The highest BCUT2D eigenvalue weighted by molar-refractivity contribution is 6.18. The van der Waals surface area contributed by atoms with Crippen molar-refractivity contribution in [2.24, 2.45) is 0 Å². The van der Waals surface area contributed by atoms with Gasteiger partial charge in [0, 0.05) is 10.9 Å². The van der Waals surface area contributed by atoms with E-state index in [0.29, 0.717) is 22.5 Å². The standard InChI is InChI=1S/C16H13NO3/c1-19-11-8-6-10(7-9-11)15(18)14-12-4-2-3-5-13(12)20-16(14)17/h2-9H,17H2,1H3. The lowest BCUT2D eigenvalue weighted by Gasteiger charge is -2.02. The van der Waals surface area contributed by atoms with Crippen LogP contribution in [0.4, 0.5) is 5.88 Å². The second-order valence-electron chi connectivity index (χ2n) is 4.40. The zero-order chi connectivity index (χ0) is 14.1. The number of benzene rings is 2. The molecule has 0 bridgehead atoms. The van der Waals surface area contributed by atoms with Crippen LogP contribution in [-0.2, 0) is 0 Å². The average Bonchev–Trinajstić information content (AvgIpc) is 2.82. The molecule has 1 heterocycles. The Hall–Kier alpha value is -2.75. The van der Waals surface area contributed by atoms with Gasteiger partial charge in [-0.3, -0.25) is 4.79 Å². The summed E-state index contributed by atoms with van der Waals surface area (Å²) < 4.78 is 10.5. The topological polar surface area (TPSA) is 65.5 Å². The highest BCUT2D eigenvalue weighted by Gasteiger charge is 2.20. The Labute approximate surface area is 115 Å². The number of para-hydroxylation sites is 1. The summed E-state index contributed by atoms with van der Waals surface area (Å²) in [6.07, 6.45) is 0. The van der Waals surface area contributed by atoms with Gasteiger partial charge in [0.25, 0.3) is 0 Å². The van der Waals surface area contributed by atoms with Crippen LogP contribution >= 0.6 is 0 Å². The minimum atomic E-state index is -0.157. The van der Waals surface area contributed by atoms with Crippen molar-refractivity contribution in [2.45, 2.75) is 0 Å². The van der Waals surface area contributed by atoms with Gasteiger partial charge in [-0.2, -0.15) is 0 Å². The van der Waals surface area contributed by atoms with Crippen LogP contribution in [-0.4, -0.2) is 12.9 Å². The number of anilines is 1. The first-order valence-electron chi connectivity index (χ1n) is 6.16. The van der Waals surface area contributed by atoms with E-state index in [1.165, 1.54) is 0 Å². The van der Waals surface area contributed by atoms with E-state index in [2.05, 4.69) is 0 Å². The molecular weight excluding hydrogens is 254 g/mol. The zero-order valence-electron chi connectivity index (χ0n) is 10.9. The zero-order valence-corrected chi connectivity index (χ0v) is 10.9. The normalized spacial score (nSPS) is 10.7. The molecule has 0 aliphatic carbocycles. The molecule has 0 aliphatic rings. The first kappa shape index (κ1) is 12.3. The van der Waals surface area contributed by atoms with Crippen molar-refractivity contribution in [1.82, 2.24) is 0 Å². The van der Waals surface area contributed by atoms with Crippen LogP contribution in [0.3, 0.4) is 0 Å². The van der Waals surface area contributed by atoms with Gasteiger partial charge in [0.15, 0.2) is 5.78 Å². The molecule has 0 aliphatic heterocycles. The monoisotopic (exact) mass is 267 g/mol. The number of nitrogens with two attached hydrogens (primary N) is 1. The van der Waals surface area contributed by atoms with Crippen LogP contribution in [0.25, 0.3) is 11.0 Å². The van der Waals surface area contributed by atoms with Gasteiger partial charge < -0.3 is 14.9 Å². The summed E-state index contributed by atoms with van der Waals surface area (Å²) >= 11 is 0. The molecule has 20 heavy (non-hydrogen) atoms. The molecule has 0 radical (unpaired) electrons. The lowest BCUT2D eigenvalue weighted by Crippen LogP contribution is -2.03. The quantitative estimate of drug-likeness (QED) is 0.740. The maximum atomic E-state index is 12.6. The molecule has 0 fully saturated rings. The number of rotatable bonds is 3. The maximum absolute atomic E-state index is 12.6. The molecule has 100 valence electrons. The minimum absolute atomic E-state index is 0.145. The molecule has 3 aromatic rings. The van der Waals surface area contributed by atoms with E-state index in [4.69, 9.17) is 14.9 Å². The Bertz CT molecular complexity index is 772. The number of hydrogen-bond acceptors (Lipinski definition) is 4. The fourth-order valence-corrected chi connectivity index (χ4v) is 2.19. The molecule has 0 amide bonds. The Kier molecular flexibility index (Phi) is 2.91. The number of ether oxygens (including phenoxy) is 1. The molecule has 1 aromatic heterocycles. The number of ketones is 1. The maximum Gasteiger partial charge on any atom is 0.202 e. The van der Waals surface area contributed by atoms with Crippen molar-refractivity contribution in [3.8, 4) is 5.75 Å². The molecule has 0 saturated heterocycles. The van der Waals surface area contributed by atoms with Crippen molar-refractivity contribution in [3.05, 3.63) is 59.7 Å². The minimum Gasteiger partial charge on any atom is -0.497 e. The summed E-state index contributed by atoms with van der Waals surface area (Å²) in [7, 11) is 1.58. The number of nitrogen functional groups attached to an aromatic ring is 1. The summed E-state index contributed by atoms with van der Waals surface area (Å²) in [5, 5.41) is 0.728. The second-order valence-corrected chi connectivity index (χ2v) is 4.40. The van der Waals surface area contributed by atoms with Crippen molar-refractivity contribution in [3.63, 3.8) is 0 Å². The Morgan fingerprint density at radius 3 is 2.50 bits per heavy atom. The number of furan rings is 1. The van der Waals surface area contributed by atoms with Crippen LogP contribution < -0.4 is 10.5 Å². The van der Waals surface area contributed by atoms with E-state index in [1.807, 2.05) is 18.2 Å². The van der Waals surface area contributed by atoms with Crippen molar-refractivity contribution >= 4 is 22.6 Å². The molecule has 0 spiro atoms. The highest BCUT2D eigenvalue weighted by atomic mass is 16.5. The van der Waals surface area contributed by atoms with Gasteiger partial charge in [0.2, 0.25) is 5.88 Å². The third-order valence-electron chi connectivity index (χ3n) is 3.20. The largest absolute Gasteiger partial charge is 0.497 e. The van der Waals surface area contributed by atoms with E-state index < -0.39 is 0 Å². The Balaban J connectivity index is 2.09. The number of carbonyl (C=O) groups is 1. The molecule has 3 rings (SSSR count). The fraction of sp³-hybridized carbons (Fsp3) is 0.0625. The third kappa shape index (κ3) is 1.91. The number of methoxy groups -OCH3 is 1. The molecule has 4 heteroatoms. The molecule has 2 aromatic carbocycles. The van der Waals surface area contributed by atoms with Gasteiger partial charge >= 0.3 is 0 Å². The van der Waals surface area contributed by atoms with Crippen molar-refractivity contribution in [1.29, 1.82) is 0 Å². The first-order valence-corrected chi connectivity index (χ1v) is 6.16. The van der Waals surface area contributed by atoms with Gasteiger partial charge in [-0.05, 0) is 30.3 Å². The van der Waals surface area contributed by atoms with Crippen LogP contribution in [0.15, 0.2) is 52.9 Å². The fourth-order valence-electron chi connectivity index (χ4n) is 2.19. The van der Waals surface area contributed by atoms with Gasteiger partial charge in [-0.1, -0.05) is 18.2 Å². The third-order valence-corrected chi connectivity index (χ3v) is 3.20. The molecule has 2 N–H and O–H groups in total. The van der Waals surface area contributed by atoms with E-state index in [9.17, 15) is 4.79 Å². The summed E-state index contributed by atoms with van der Waals surface area (Å²) in [6, 6.07) is 14.2. The summed E-state index contributed by atoms with van der Waals surface area (Å²) in [5.41, 5.74) is 7.40. The van der Waals surface area contributed by atoms with Gasteiger partial charge in [-0.15, -0.1) is 0 Å². The smallest absolute Gasteiger partial charge is 0.202 e. The molecule has 4 nitrogen and oxygen atoms in total. The van der Waals surface area contributed by atoms with E-state index in [1.54, 1.807) is 37.4 Å². The van der Waals surface area contributed by atoms with Crippen molar-refractivity contribution < 1.29 is 13.9 Å². The van der Waals surface area contributed by atoms with E-state index in [-0.39, 0.29) is 11.7 Å². The number of carbonyl (C=O) groups excluding carboxylic acids is 1. The first-order chi connectivity index (χ1) is 9.70. The summed E-state index contributed by atoms with van der Waals surface area (Å²) in [4.78, 5) is 12.6. The Morgan fingerprint density at radius 2 is 1.80 bits per heavy atom. The molecule has 0 atom stereocenters. The lowest BCUT2D eigenvalue weighted by molar-refractivity contribution is 0.104. The van der Waals surface area contributed by atoms with Crippen LogP contribution in [0, 0.1) is 0 Å². The molecule has 0 saturated carbocycles. The average molecular weight is 267 g/mol. The molecule has 0 unspecified atom stereocenters. The highest BCUT2D eigenvalue weighted by Crippen LogP contribution is 2.30.